The van der Waals surface area contributed by atoms with Crippen molar-refractivity contribution in [3.05, 3.63) is 52.0 Å². The van der Waals surface area contributed by atoms with Crippen molar-refractivity contribution in [1.29, 1.82) is 0 Å². The van der Waals surface area contributed by atoms with E-state index in [0.29, 0.717) is 18.1 Å². The number of anilines is 1. The Bertz CT molecular complexity index is 916. The van der Waals surface area contributed by atoms with Crippen LogP contribution in [0.5, 0.6) is 0 Å². The number of carbonyl (C=O) groups is 1. The van der Waals surface area contributed by atoms with Crippen molar-refractivity contribution in [3.63, 3.8) is 0 Å². The summed E-state index contributed by atoms with van der Waals surface area (Å²) in [4.78, 5) is 20.1. The number of urea groups is 1. The van der Waals surface area contributed by atoms with Gasteiger partial charge in [-0.15, -0.1) is 11.3 Å². The van der Waals surface area contributed by atoms with Crippen LogP contribution in [0.4, 0.5) is 10.5 Å². The lowest BCUT2D eigenvalue weighted by Crippen LogP contribution is -2.36. The van der Waals surface area contributed by atoms with Gasteiger partial charge < -0.3 is 15.5 Å². The average Bonchev–Trinajstić information content (AvgIpc) is 3.24. The van der Waals surface area contributed by atoms with E-state index >= 15 is 0 Å². The molecule has 2 heterocycles. The van der Waals surface area contributed by atoms with E-state index in [1.54, 1.807) is 11.3 Å². The summed E-state index contributed by atoms with van der Waals surface area (Å²) in [5, 5.41) is 14.9. The number of thiophene rings is 1. The van der Waals surface area contributed by atoms with Crippen LogP contribution in [0.15, 0.2) is 35.7 Å². The van der Waals surface area contributed by atoms with Gasteiger partial charge in [-0.2, -0.15) is 5.10 Å². The van der Waals surface area contributed by atoms with Gasteiger partial charge >= 0.3 is 6.03 Å². The van der Waals surface area contributed by atoms with Crippen LogP contribution in [-0.2, 0) is 0 Å². The molecule has 1 aromatic carbocycles. The van der Waals surface area contributed by atoms with Crippen LogP contribution in [0.3, 0.4) is 0 Å². The molecule has 3 aromatic rings. The molecule has 142 valence electrons. The number of nitrogens with zero attached hydrogens (tertiary/aromatic N) is 3. The van der Waals surface area contributed by atoms with E-state index in [2.05, 4.69) is 49.1 Å². The molecule has 7 nitrogen and oxygen atoms in total. The minimum Gasteiger partial charge on any atom is -0.336 e. The number of benzene rings is 1. The van der Waals surface area contributed by atoms with Crippen LogP contribution in [0, 0.1) is 13.8 Å². The van der Waals surface area contributed by atoms with Crippen LogP contribution >= 0.6 is 11.3 Å². The lowest BCUT2D eigenvalue weighted by atomic mass is 10.1. The fourth-order valence-electron chi connectivity index (χ4n) is 2.81. The highest BCUT2D eigenvalue weighted by atomic mass is 32.1. The Kier molecular flexibility index (Phi) is 5.88. The minimum absolute atomic E-state index is 0.137. The Morgan fingerprint density at radius 2 is 2.11 bits per heavy atom. The number of amides is 2. The molecule has 0 radical (unpaired) electrons. The standard InChI is InChI=1S/C19H24N6OS/c1-12-8-9-27-17(12)16(25(3)4)11-20-19(26)22-15-7-5-6-14(10-15)18-21-13(2)23-24-18/h5-10,16H,11H2,1-4H3,(H2,20,22,26)(H,21,23,24)/t16-/m0/s1. The van der Waals surface area contributed by atoms with Crippen LogP contribution in [-0.4, -0.2) is 46.8 Å². The molecule has 0 saturated heterocycles. The SMILES string of the molecule is Cc1nc(-c2cccc(NC(=O)NC[C@@H](c3sccc3C)N(C)C)c2)n[nH]1. The number of carbonyl (C=O) groups excluding carboxylic acids is 1. The molecule has 0 aliphatic carbocycles. The maximum absolute atomic E-state index is 12.4. The van der Waals surface area contributed by atoms with E-state index in [1.165, 1.54) is 10.4 Å². The van der Waals surface area contributed by atoms with E-state index in [1.807, 2.05) is 45.3 Å². The highest BCUT2D eigenvalue weighted by Crippen LogP contribution is 2.26. The van der Waals surface area contributed by atoms with Crippen molar-refractivity contribution in [2.24, 2.45) is 0 Å². The quantitative estimate of drug-likeness (QED) is 0.606. The number of aromatic nitrogens is 3. The van der Waals surface area contributed by atoms with Crippen molar-refractivity contribution in [1.82, 2.24) is 25.4 Å². The van der Waals surface area contributed by atoms with Gasteiger partial charge in [-0.3, -0.25) is 5.10 Å². The Balaban J connectivity index is 1.63. The van der Waals surface area contributed by atoms with Gasteiger partial charge in [0.25, 0.3) is 0 Å². The van der Waals surface area contributed by atoms with Crippen molar-refractivity contribution < 1.29 is 4.79 Å². The van der Waals surface area contributed by atoms with Crippen LogP contribution in [0.2, 0.25) is 0 Å². The number of H-pyrrole nitrogens is 1. The highest BCUT2D eigenvalue weighted by molar-refractivity contribution is 7.10. The first-order valence-electron chi connectivity index (χ1n) is 8.68. The summed E-state index contributed by atoms with van der Waals surface area (Å²) in [5.41, 5.74) is 2.79. The molecular weight excluding hydrogens is 360 g/mol. The third kappa shape index (κ3) is 4.72. The molecule has 0 bridgehead atoms. The summed E-state index contributed by atoms with van der Waals surface area (Å²) in [5.74, 6) is 1.36. The number of aryl methyl sites for hydroxylation is 2. The predicted molar refractivity (Wildman–Crippen MR) is 109 cm³/mol. The smallest absolute Gasteiger partial charge is 0.319 e. The number of nitrogens with one attached hydrogen (secondary N) is 3. The second-order valence-electron chi connectivity index (χ2n) is 6.61. The molecule has 2 amide bonds. The molecule has 0 spiro atoms. The number of aromatic amines is 1. The second-order valence-corrected chi connectivity index (χ2v) is 7.56. The number of rotatable bonds is 6. The Morgan fingerprint density at radius 1 is 1.30 bits per heavy atom. The van der Waals surface area contributed by atoms with Crippen LogP contribution in [0.1, 0.15) is 22.3 Å². The molecule has 2 aromatic heterocycles. The van der Waals surface area contributed by atoms with E-state index in [9.17, 15) is 4.79 Å². The molecule has 3 rings (SSSR count). The summed E-state index contributed by atoms with van der Waals surface area (Å²) < 4.78 is 0. The molecular formula is C19H24N6OS. The zero-order valence-corrected chi connectivity index (χ0v) is 16.7. The van der Waals surface area contributed by atoms with Crippen LogP contribution < -0.4 is 10.6 Å². The zero-order chi connectivity index (χ0) is 19.4. The number of hydrogen-bond donors (Lipinski definition) is 3. The van der Waals surface area contributed by atoms with Gasteiger partial charge in [0, 0.05) is 22.7 Å². The Labute approximate surface area is 162 Å². The first kappa shape index (κ1) is 19.1. The molecule has 0 fully saturated rings. The molecule has 0 aliphatic rings. The minimum atomic E-state index is -0.237. The topological polar surface area (TPSA) is 85.9 Å². The Hall–Kier alpha value is -2.71. The third-order valence-electron chi connectivity index (χ3n) is 4.26. The van der Waals surface area contributed by atoms with E-state index in [0.717, 1.165) is 11.4 Å². The summed E-state index contributed by atoms with van der Waals surface area (Å²) >= 11 is 1.71. The van der Waals surface area contributed by atoms with Crippen molar-refractivity contribution in [2.75, 3.05) is 26.0 Å². The first-order valence-corrected chi connectivity index (χ1v) is 9.56. The average molecular weight is 385 g/mol. The molecule has 0 unspecified atom stereocenters. The lowest BCUT2D eigenvalue weighted by molar-refractivity contribution is 0.244. The van der Waals surface area contributed by atoms with Gasteiger partial charge in [0.15, 0.2) is 5.82 Å². The Morgan fingerprint density at radius 3 is 2.74 bits per heavy atom. The van der Waals surface area contributed by atoms with Crippen molar-refractivity contribution >= 4 is 23.1 Å². The number of likely N-dealkylation sites (N-methyl/N-ethyl adjacent to an activating group) is 1. The molecule has 0 saturated carbocycles. The second kappa shape index (κ2) is 8.32. The van der Waals surface area contributed by atoms with E-state index in [-0.39, 0.29) is 12.1 Å². The predicted octanol–water partition coefficient (Wildman–Crippen LogP) is 3.57. The number of hydrogen-bond acceptors (Lipinski definition) is 5. The normalized spacial score (nSPS) is 12.2. The molecule has 8 heteroatoms. The molecule has 27 heavy (non-hydrogen) atoms. The maximum atomic E-state index is 12.4. The monoisotopic (exact) mass is 384 g/mol. The summed E-state index contributed by atoms with van der Waals surface area (Å²) in [6, 6.07) is 9.48. The third-order valence-corrected chi connectivity index (χ3v) is 5.38. The fraction of sp³-hybridized carbons (Fsp3) is 0.316. The van der Waals surface area contributed by atoms with Crippen molar-refractivity contribution in [2.45, 2.75) is 19.9 Å². The van der Waals surface area contributed by atoms with Gasteiger partial charge in [-0.25, -0.2) is 9.78 Å². The fourth-order valence-corrected chi connectivity index (χ4v) is 3.93. The van der Waals surface area contributed by atoms with Gasteiger partial charge in [0.1, 0.15) is 5.82 Å². The van der Waals surface area contributed by atoms with E-state index < -0.39 is 0 Å². The van der Waals surface area contributed by atoms with Crippen LogP contribution in [0.25, 0.3) is 11.4 Å². The highest BCUT2D eigenvalue weighted by Gasteiger charge is 2.18. The van der Waals surface area contributed by atoms with Gasteiger partial charge in [-0.1, -0.05) is 12.1 Å². The summed E-state index contributed by atoms with van der Waals surface area (Å²) in [6.45, 7) is 4.47. The van der Waals surface area contributed by atoms with Gasteiger partial charge in [0.05, 0.1) is 6.04 Å². The molecule has 0 aliphatic heterocycles. The van der Waals surface area contributed by atoms with Gasteiger partial charge in [0.2, 0.25) is 0 Å². The van der Waals surface area contributed by atoms with Gasteiger partial charge in [-0.05, 0) is 57.1 Å². The largest absolute Gasteiger partial charge is 0.336 e. The first-order chi connectivity index (χ1) is 12.9. The lowest BCUT2D eigenvalue weighted by Gasteiger charge is -2.24. The molecule has 1 atom stereocenters. The zero-order valence-electron chi connectivity index (χ0n) is 15.9. The van der Waals surface area contributed by atoms with Crippen molar-refractivity contribution in [3.8, 4) is 11.4 Å². The summed E-state index contributed by atoms with van der Waals surface area (Å²) in [7, 11) is 4.04. The van der Waals surface area contributed by atoms with E-state index in [4.69, 9.17) is 0 Å². The summed E-state index contributed by atoms with van der Waals surface area (Å²) in [6.07, 6.45) is 0. The molecule has 3 N–H and O–H groups in total. The maximum Gasteiger partial charge on any atom is 0.319 e.